The molecule has 0 bridgehead atoms. The molecule has 0 radical (unpaired) electrons. The van der Waals surface area contributed by atoms with Crippen molar-refractivity contribution in [3.63, 3.8) is 0 Å². The van der Waals surface area contributed by atoms with Crippen molar-refractivity contribution in [2.24, 2.45) is 0 Å². The summed E-state index contributed by atoms with van der Waals surface area (Å²) in [5.74, 6) is -0.0671. The van der Waals surface area contributed by atoms with Crippen molar-refractivity contribution >= 4 is 35.0 Å². The Balaban J connectivity index is 1.77. The van der Waals surface area contributed by atoms with E-state index in [4.69, 9.17) is 9.47 Å². The Hall–Kier alpha value is -3.26. The molecule has 2 aromatic carbocycles. The van der Waals surface area contributed by atoms with E-state index in [9.17, 15) is 14.4 Å². The Kier molecular flexibility index (Phi) is 7.13. The number of nitrogens with zero attached hydrogens (tertiary/aromatic N) is 1. The maximum atomic E-state index is 12.5. The fourth-order valence-corrected chi connectivity index (χ4v) is 3.56. The minimum Gasteiger partial charge on any atom is -0.490 e. The lowest BCUT2D eigenvalue weighted by molar-refractivity contribution is -0.143. The summed E-state index contributed by atoms with van der Waals surface area (Å²) >= 11 is 0.779. The third-order valence-electron chi connectivity index (χ3n) is 4.19. The second kappa shape index (κ2) is 9.98. The Morgan fingerprint density at radius 3 is 2.53 bits per heavy atom. The summed E-state index contributed by atoms with van der Waals surface area (Å²) in [6.07, 6.45) is 1.59. The molecular weight excluding hydrogens is 406 g/mol. The number of imide groups is 1. The van der Waals surface area contributed by atoms with Crippen molar-refractivity contribution in [1.82, 2.24) is 4.90 Å². The first-order valence-corrected chi connectivity index (χ1v) is 10.1. The van der Waals surface area contributed by atoms with Crippen molar-refractivity contribution in [2.45, 2.75) is 13.5 Å². The lowest BCUT2D eigenvalue weighted by Crippen LogP contribution is -2.34. The highest BCUT2D eigenvalue weighted by atomic mass is 32.2. The summed E-state index contributed by atoms with van der Waals surface area (Å²) in [6.45, 7) is 2.30. The minimum atomic E-state index is -0.655. The molecule has 0 unspecified atom stereocenters. The van der Waals surface area contributed by atoms with Crippen LogP contribution < -0.4 is 9.47 Å². The Bertz CT molecular complexity index is 973. The van der Waals surface area contributed by atoms with Crippen LogP contribution in [0.15, 0.2) is 53.4 Å². The molecule has 1 saturated heterocycles. The average Bonchev–Trinajstić information content (AvgIpc) is 3.01. The van der Waals surface area contributed by atoms with E-state index >= 15 is 0 Å². The Morgan fingerprint density at radius 2 is 1.83 bits per heavy atom. The molecule has 0 N–H and O–H groups in total. The molecule has 3 rings (SSSR count). The van der Waals surface area contributed by atoms with Gasteiger partial charge in [0.25, 0.3) is 11.1 Å². The monoisotopic (exact) mass is 427 g/mol. The zero-order valence-electron chi connectivity index (χ0n) is 16.6. The van der Waals surface area contributed by atoms with Crippen LogP contribution in [0.4, 0.5) is 4.79 Å². The fraction of sp³-hybridized carbons (Fsp3) is 0.227. The molecule has 2 aromatic rings. The Labute approximate surface area is 178 Å². The molecular formula is C22H21NO6S. The zero-order valence-corrected chi connectivity index (χ0v) is 17.4. The molecule has 0 spiro atoms. The molecule has 0 aliphatic carbocycles. The normalized spacial score (nSPS) is 14.9. The van der Waals surface area contributed by atoms with Gasteiger partial charge in [-0.05, 0) is 48.0 Å². The molecule has 2 amide bonds. The van der Waals surface area contributed by atoms with Gasteiger partial charge >= 0.3 is 5.97 Å². The summed E-state index contributed by atoms with van der Waals surface area (Å²) in [5, 5.41) is -0.510. The van der Waals surface area contributed by atoms with Gasteiger partial charge in [-0.1, -0.05) is 36.4 Å². The maximum absolute atomic E-state index is 12.5. The van der Waals surface area contributed by atoms with Crippen molar-refractivity contribution in [1.29, 1.82) is 0 Å². The Morgan fingerprint density at radius 1 is 1.07 bits per heavy atom. The SMILES string of the molecule is CCOc1cc(/C=C2\SC(=O)N(CC(=O)OC)C2=O)ccc1OCc1ccccc1. The van der Waals surface area contributed by atoms with Gasteiger partial charge in [0.05, 0.1) is 18.6 Å². The lowest BCUT2D eigenvalue weighted by atomic mass is 10.1. The third kappa shape index (κ3) is 5.21. The van der Waals surface area contributed by atoms with Crippen LogP contribution >= 0.6 is 11.8 Å². The number of methoxy groups -OCH3 is 1. The van der Waals surface area contributed by atoms with Gasteiger partial charge in [0.2, 0.25) is 0 Å². The number of thioether (sulfide) groups is 1. The van der Waals surface area contributed by atoms with E-state index in [0.717, 1.165) is 22.2 Å². The van der Waals surface area contributed by atoms with Gasteiger partial charge in [0, 0.05) is 0 Å². The summed E-state index contributed by atoms with van der Waals surface area (Å²) in [7, 11) is 1.20. The standard InChI is InChI=1S/C22H21NO6S/c1-3-28-18-11-16(9-10-17(18)29-14-15-7-5-4-6-8-15)12-19-21(25)23(22(26)30-19)13-20(24)27-2/h4-12H,3,13-14H2,1-2H3/b19-12-. The van der Waals surface area contributed by atoms with Gasteiger partial charge in [-0.25, -0.2) is 0 Å². The lowest BCUT2D eigenvalue weighted by Gasteiger charge is -2.13. The number of esters is 1. The van der Waals surface area contributed by atoms with Gasteiger partial charge in [-0.2, -0.15) is 0 Å². The summed E-state index contributed by atoms with van der Waals surface area (Å²) in [5.41, 5.74) is 1.71. The van der Waals surface area contributed by atoms with Crippen LogP contribution in [0.25, 0.3) is 6.08 Å². The van der Waals surface area contributed by atoms with Gasteiger partial charge < -0.3 is 14.2 Å². The predicted octanol–water partition coefficient (Wildman–Crippen LogP) is 3.87. The number of amides is 2. The minimum absolute atomic E-state index is 0.226. The first kappa shape index (κ1) is 21.4. The number of carbonyl (C=O) groups excluding carboxylic acids is 3. The van der Waals surface area contributed by atoms with Crippen LogP contribution in [0.3, 0.4) is 0 Å². The summed E-state index contributed by atoms with van der Waals surface area (Å²) < 4.78 is 16.1. The number of hydrogen-bond acceptors (Lipinski definition) is 7. The molecule has 1 fully saturated rings. The van der Waals surface area contributed by atoms with E-state index in [-0.39, 0.29) is 4.91 Å². The van der Waals surface area contributed by atoms with Crippen LogP contribution in [0.2, 0.25) is 0 Å². The first-order valence-electron chi connectivity index (χ1n) is 9.27. The second-order valence-electron chi connectivity index (χ2n) is 6.26. The van der Waals surface area contributed by atoms with E-state index < -0.39 is 23.7 Å². The maximum Gasteiger partial charge on any atom is 0.325 e. The van der Waals surface area contributed by atoms with Gasteiger partial charge in [0.1, 0.15) is 13.2 Å². The number of hydrogen-bond donors (Lipinski definition) is 0. The van der Waals surface area contributed by atoms with E-state index in [2.05, 4.69) is 4.74 Å². The first-order chi connectivity index (χ1) is 14.5. The van der Waals surface area contributed by atoms with E-state index in [1.807, 2.05) is 37.3 Å². The molecule has 1 aliphatic heterocycles. The molecule has 7 nitrogen and oxygen atoms in total. The van der Waals surface area contributed by atoms with Crippen molar-refractivity contribution < 1.29 is 28.6 Å². The highest BCUT2D eigenvalue weighted by Gasteiger charge is 2.36. The fourth-order valence-electron chi connectivity index (χ4n) is 2.72. The molecule has 156 valence electrons. The van der Waals surface area contributed by atoms with Crippen molar-refractivity contribution in [3.05, 3.63) is 64.6 Å². The second-order valence-corrected chi connectivity index (χ2v) is 7.25. The van der Waals surface area contributed by atoms with E-state index in [1.165, 1.54) is 7.11 Å². The third-order valence-corrected chi connectivity index (χ3v) is 5.10. The van der Waals surface area contributed by atoms with E-state index in [0.29, 0.717) is 30.3 Å². The molecule has 30 heavy (non-hydrogen) atoms. The molecule has 1 heterocycles. The van der Waals surface area contributed by atoms with Gasteiger partial charge in [0.15, 0.2) is 11.5 Å². The summed E-state index contributed by atoms with van der Waals surface area (Å²) in [6, 6.07) is 15.1. The number of rotatable bonds is 8. The molecule has 0 atom stereocenters. The molecule has 0 aromatic heterocycles. The smallest absolute Gasteiger partial charge is 0.325 e. The van der Waals surface area contributed by atoms with Crippen LogP contribution in [-0.2, 0) is 20.9 Å². The molecule has 8 heteroatoms. The van der Waals surface area contributed by atoms with Crippen LogP contribution in [-0.4, -0.2) is 42.3 Å². The van der Waals surface area contributed by atoms with Gasteiger partial charge in [-0.15, -0.1) is 0 Å². The van der Waals surface area contributed by atoms with E-state index in [1.54, 1.807) is 24.3 Å². The highest BCUT2D eigenvalue weighted by molar-refractivity contribution is 8.18. The quantitative estimate of drug-likeness (QED) is 0.467. The molecule has 1 aliphatic rings. The zero-order chi connectivity index (χ0) is 21.5. The number of carbonyl (C=O) groups is 3. The van der Waals surface area contributed by atoms with Crippen molar-refractivity contribution in [2.75, 3.05) is 20.3 Å². The summed E-state index contributed by atoms with van der Waals surface area (Å²) in [4.78, 5) is 37.0. The van der Waals surface area contributed by atoms with Crippen LogP contribution in [0, 0.1) is 0 Å². The van der Waals surface area contributed by atoms with Crippen LogP contribution in [0.1, 0.15) is 18.1 Å². The predicted molar refractivity (Wildman–Crippen MR) is 113 cm³/mol. The van der Waals surface area contributed by atoms with Crippen molar-refractivity contribution in [3.8, 4) is 11.5 Å². The number of ether oxygens (including phenoxy) is 3. The van der Waals surface area contributed by atoms with Crippen LogP contribution in [0.5, 0.6) is 11.5 Å². The topological polar surface area (TPSA) is 82.1 Å². The number of benzene rings is 2. The van der Waals surface area contributed by atoms with Gasteiger partial charge in [-0.3, -0.25) is 19.3 Å². The highest BCUT2D eigenvalue weighted by Crippen LogP contribution is 2.34. The largest absolute Gasteiger partial charge is 0.490 e. The molecule has 0 saturated carbocycles. The average molecular weight is 427 g/mol.